The number of Topliss-reactive ketones (excluding diaryl/α,β-unsaturated/α-hetero) is 1. The summed E-state index contributed by atoms with van der Waals surface area (Å²) in [5.41, 5.74) is 1.04. The Morgan fingerprint density at radius 3 is 1.32 bits per heavy atom. The second-order valence-corrected chi connectivity index (χ2v) is 7.74. The summed E-state index contributed by atoms with van der Waals surface area (Å²) in [6.45, 7) is 3.63. The zero-order valence-corrected chi connectivity index (χ0v) is 22.3. The third kappa shape index (κ3) is 5.86. The second kappa shape index (κ2) is 11.8. The van der Waals surface area contributed by atoms with Gasteiger partial charge in [-0.1, -0.05) is 0 Å². The molecule has 1 fully saturated rings. The first-order valence-corrected chi connectivity index (χ1v) is 11.4. The number of rotatable bonds is 10. The van der Waals surface area contributed by atoms with Crippen molar-refractivity contribution in [3.05, 3.63) is 46.9 Å². The number of hydrogen-bond donors (Lipinski definition) is 0. The fraction of sp³-hybridized carbons (Fsp3) is 0.370. The van der Waals surface area contributed by atoms with E-state index in [-0.39, 0.29) is 18.1 Å². The van der Waals surface area contributed by atoms with Crippen LogP contribution in [-0.4, -0.2) is 61.0 Å². The van der Waals surface area contributed by atoms with Crippen LogP contribution in [0.15, 0.2) is 35.8 Å². The fourth-order valence-corrected chi connectivity index (χ4v) is 3.76. The van der Waals surface area contributed by atoms with E-state index in [0.717, 1.165) is 0 Å². The standard InChI is InChI=1S/C27H32O10/c1-9-35-27(2)36-24(12-16-10-20(31-5)22(33-7)14-18(16)29-3)26(28)25(37-27)13-17-11-21(32-6)23(34-8)15-19(17)30-4/h10-15H,9H2,1-8H3. The summed E-state index contributed by atoms with van der Waals surface area (Å²) in [6, 6.07) is 6.66. The van der Waals surface area contributed by atoms with Crippen molar-refractivity contribution in [1.29, 1.82) is 0 Å². The van der Waals surface area contributed by atoms with Crippen molar-refractivity contribution in [2.24, 2.45) is 0 Å². The van der Waals surface area contributed by atoms with E-state index in [4.69, 9.17) is 42.6 Å². The Kier molecular flexibility index (Phi) is 8.77. The number of benzene rings is 2. The Morgan fingerprint density at radius 1 is 0.649 bits per heavy atom. The van der Waals surface area contributed by atoms with Gasteiger partial charge in [0.15, 0.2) is 34.5 Å². The third-order valence-corrected chi connectivity index (χ3v) is 5.49. The predicted octanol–water partition coefficient (Wildman–Crippen LogP) is 4.45. The van der Waals surface area contributed by atoms with Gasteiger partial charge in [0.05, 0.1) is 49.3 Å². The molecule has 1 heterocycles. The first-order valence-electron chi connectivity index (χ1n) is 11.4. The minimum absolute atomic E-state index is 0.0292. The molecule has 10 heteroatoms. The Morgan fingerprint density at radius 2 is 1.00 bits per heavy atom. The maximum Gasteiger partial charge on any atom is 0.368 e. The van der Waals surface area contributed by atoms with Gasteiger partial charge in [0, 0.05) is 30.2 Å². The summed E-state index contributed by atoms with van der Waals surface area (Å²) < 4.78 is 50.0. The molecule has 0 saturated carbocycles. The van der Waals surface area contributed by atoms with Crippen LogP contribution in [-0.2, 0) is 19.0 Å². The molecule has 10 nitrogen and oxygen atoms in total. The Hall–Kier alpha value is -4.05. The van der Waals surface area contributed by atoms with Crippen LogP contribution in [0.1, 0.15) is 25.0 Å². The normalized spacial score (nSPS) is 19.2. The molecule has 3 rings (SSSR count). The van der Waals surface area contributed by atoms with E-state index in [9.17, 15) is 4.79 Å². The van der Waals surface area contributed by atoms with Gasteiger partial charge in [-0.25, -0.2) is 0 Å². The first-order chi connectivity index (χ1) is 17.8. The van der Waals surface area contributed by atoms with Crippen molar-refractivity contribution in [2.75, 3.05) is 49.3 Å². The van der Waals surface area contributed by atoms with Crippen molar-refractivity contribution < 1.29 is 47.4 Å². The lowest BCUT2D eigenvalue weighted by Gasteiger charge is -2.35. The van der Waals surface area contributed by atoms with Crippen LogP contribution in [0.5, 0.6) is 34.5 Å². The molecular formula is C27H32O10. The summed E-state index contributed by atoms with van der Waals surface area (Å²) in [5, 5.41) is 0. The van der Waals surface area contributed by atoms with Crippen LogP contribution in [0.2, 0.25) is 0 Å². The molecule has 0 atom stereocenters. The van der Waals surface area contributed by atoms with Crippen LogP contribution in [0.3, 0.4) is 0 Å². The van der Waals surface area contributed by atoms with Gasteiger partial charge in [0.25, 0.3) is 5.78 Å². The van der Waals surface area contributed by atoms with Crippen molar-refractivity contribution >= 4 is 17.9 Å². The molecule has 0 unspecified atom stereocenters. The maximum absolute atomic E-state index is 13.5. The van der Waals surface area contributed by atoms with Crippen LogP contribution >= 0.6 is 0 Å². The van der Waals surface area contributed by atoms with E-state index in [1.54, 1.807) is 38.1 Å². The number of hydrogen-bond acceptors (Lipinski definition) is 10. The van der Waals surface area contributed by atoms with Crippen LogP contribution < -0.4 is 28.4 Å². The molecule has 1 aliphatic rings. The smallest absolute Gasteiger partial charge is 0.368 e. The highest BCUT2D eigenvalue weighted by atomic mass is 16.9. The topological polar surface area (TPSA) is 100 Å². The number of methoxy groups -OCH3 is 6. The second-order valence-electron chi connectivity index (χ2n) is 7.74. The van der Waals surface area contributed by atoms with Gasteiger partial charge < -0.3 is 42.6 Å². The highest BCUT2D eigenvalue weighted by molar-refractivity contribution is 6.11. The SMILES string of the molecule is CCOC1(C)OC(=Cc2cc(OC)c(OC)cc2OC)C(=O)C(=Cc2cc(OC)c(OC)cc2OC)O1. The molecule has 200 valence electrons. The molecular weight excluding hydrogens is 484 g/mol. The lowest BCUT2D eigenvalue weighted by molar-refractivity contribution is -0.343. The minimum atomic E-state index is -1.58. The average molecular weight is 517 g/mol. The van der Waals surface area contributed by atoms with Gasteiger partial charge in [0.2, 0.25) is 0 Å². The van der Waals surface area contributed by atoms with Gasteiger partial charge in [-0.3, -0.25) is 4.79 Å². The first kappa shape index (κ1) is 27.5. The Labute approximate surface area is 216 Å². The molecule has 0 spiro atoms. The molecule has 0 N–H and O–H groups in total. The molecule has 1 aliphatic heterocycles. The summed E-state index contributed by atoms with van der Waals surface area (Å²) in [4.78, 5) is 13.5. The van der Waals surface area contributed by atoms with E-state index >= 15 is 0 Å². The molecule has 0 aliphatic carbocycles. The number of carbonyl (C=O) groups excluding carboxylic acids is 1. The van der Waals surface area contributed by atoms with Crippen LogP contribution in [0.4, 0.5) is 0 Å². The molecule has 1 saturated heterocycles. The van der Waals surface area contributed by atoms with Gasteiger partial charge in [0.1, 0.15) is 11.5 Å². The van der Waals surface area contributed by atoms with Crippen molar-refractivity contribution in [3.8, 4) is 34.5 Å². The van der Waals surface area contributed by atoms with E-state index in [1.165, 1.54) is 54.8 Å². The summed E-state index contributed by atoms with van der Waals surface area (Å²) in [6.07, 6.45) is 3.06. The molecule has 0 amide bonds. The summed E-state index contributed by atoms with van der Waals surface area (Å²) in [5.74, 6) is 0.579. The maximum atomic E-state index is 13.5. The van der Waals surface area contributed by atoms with E-state index < -0.39 is 11.8 Å². The van der Waals surface area contributed by atoms with Gasteiger partial charge in [-0.05, 0) is 31.2 Å². The van der Waals surface area contributed by atoms with Gasteiger partial charge in [-0.2, -0.15) is 0 Å². The quantitative estimate of drug-likeness (QED) is 0.421. The van der Waals surface area contributed by atoms with Crippen LogP contribution in [0.25, 0.3) is 12.2 Å². The molecule has 0 radical (unpaired) electrons. The predicted molar refractivity (Wildman–Crippen MR) is 135 cm³/mol. The number of carbonyl (C=O) groups is 1. The largest absolute Gasteiger partial charge is 0.496 e. The molecule has 0 aromatic heterocycles. The summed E-state index contributed by atoms with van der Waals surface area (Å²) >= 11 is 0. The lowest BCUT2D eigenvalue weighted by Crippen LogP contribution is -2.42. The van der Waals surface area contributed by atoms with Crippen molar-refractivity contribution in [2.45, 2.75) is 19.8 Å². The van der Waals surface area contributed by atoms with Crippen LogP contribution in [0, 0.1) is 0 Å². The Balaban J connectivity index is 2.16. The van der Waals surface area contributed by atoms with Gasteiger partial charge in [-0.15, -0.1) is 0 Å². The minimum Gasteiger partial charge on any atom is -0.496 e. The van der Waals surface area contributed by atoms with Crippen molar-refractivity contribution in [3.63, 3.8) is 0 Å². The van der Waals surface area contributed by atoms with Crippen molar-refractivity contribution in [1.82, 2.24) is 0 Å². The highest BCUT2D eigenvalue weighted by Crippen LogP contribution is 2.40. The zero-order chi connectivity index (χ0) is 27.2. The third-order valence-electron chi connectivity index (χ3n) is 5.49. The van der Waals surface area contributed by atoms with E-state index in [1.807, 2.05) is 0 Å². The molecule has 0 bridgehead atoms. The lowest BCUT2D eigenvalue weighted by atomic mass is 10.1. The molecule has 37 heavy (non-hydrogen) atoms. The Bertz CT molecular complexity index is 1110. The van der Waals surface area contributed by atoms with Gasteiger partial charge >= 0.3 is 5.97 Å². The zero-order valence-electron chi connectivity index (χ0n) is 22.3. The number of ketones is 1. The van der Waals surface area contributed by atoms with E-state index in [0.29, 0.717) is 45.6 Å². The number of ether oxygens (including phenoxy) is 9. The fourth-order valence-electron chi connectivity index (χ4n) is 3.76. The highest BCUT2D eigenvalue weighted by Gasteiger charge is 2.41. The monoisotopic (exact) mass is 516 g/mol. The molecule has 2 aromatic rings. The van der Waals surface area contributed by atoms with E-state index in [2.05, 4.69) is 0 Å². The average Bonchev–Trinajstić information content (AvgIpc) is 2.90. The summed E-state index contributed by atoms with van der Waals surface area (Å²) in [7, 11) is 9.09. The molecule has 2 aromatic carbocycles.